The van der Waals surface area contributed by atoms with Crippen LogP contribution in [-0.4, -0.2) is 37.9 Å². The van der Waals surface area contributed by atoms with Crippen molar-refractivity contribution < 1.29 is 31.9 Å². The van der Waals surface area contributed by atoms with E-state index in [1.807, 2.05) is 0 Å². The molecule has 0 aliphatic carbocycles. The molecular weight excluding hydrogens is 210 g/mol. The van der Waals surface area contributed by atoms with Crippen LogP contribution in [0.25, 0.3) is 0 Å². The first-order valence-electron chi connectivity index (χ1n) is 3.28. The molecule has 1 N–H and O–H groups in total. The number of rotatable bonds is 3. The highest BCUT2D eigenvalue weighted by Gasteiger charge is 2.67. The van der Waals surface area contributed by atoms with Crippen LogP contribution in [0, 0.1) is 0 Å². The Balaban J connectivity index is 5.06. The molecule has 14 heavy (non-hydrogen) atoms. The zero-order chi connectivity index (χ0) is 11.6. The summed E-state index contributed by atoms with van der Waals surface area (Å²) in [5.41, 5.74) is 0. The maximum absolute atomic E-state index is 12.6. The van der Waals surface area contributed by atoms with Gasteiger partial charge in [-0.1, -0.05) is 0 Å². The number of carbonyl (C=O) groups excluding carboxylic acids is 2. The summed E-state index contributed by atoms with van der Waals surface area (Å²) < 4.78 is 53.7. The number of alkyl halides is 4. The third kappa shape index (κ3) is 1.78. The van der Waals surface area contributed by atoms with E-state index < -0.39 is 23.7 Å². The van der Waals surface area contributed by atoms with Gasteiger partial charge in [-0.3, -0.25) is 4.79 Å². The maximum atomic E-state index is 12.6. The van der Waals surface area contributed by atoms with E-state index in [0.29, 0.717) is 7.11 Å². The topological polar surface area (TPSA) is 55.4 Å². The first-order valence-corrected chi connectivity index (χ1v) is 3.28. The number of hydrogen-bond acceptors (Lipinski definition) is 3. The molecule has 0 rings (SSSR count). The summed E-state index contributed by atoms with van der Waals surface area (Å²) in [6.45, 7) is 0. The number of esters is 1. The molecule has 0 spiro atoms. The Morgan fingerprint density at radius 1 is 1.14 bits per heavy atom. The van der Waals surface area contributed by atoms with Crippen molar-refractivity contribution in [2.45, 2.75) is 11.8 Å². The summed E-state index contributed by atoms with van der Waals surface area (Å²) in [6.07, 6.45) is 0. The summed E-state index contributed by atoms with van der Waals surface area (Å²) in [4.78, 5) is 20.6. The predicted octanol–water partition coefficient (Wildman–Crippen LogP) is 0.176. The molecule has 4 nitrogen and oxygen atoms in total. The van der Waals surface area contributed by atoms with E-state index in [0.717, 1.165) is 7.05 Å². The van der Waals surface area contributed by atoms with Crippen molar-refractivity contribution in [3.8, 4) is 0 Å². The summed E-state index contributed by atoms with van der Waals surface area (Å²) in [7, 11) is 1.25. The minimum absolute atomic E-state index is 0.510. The molecule has 0 saturated carbocycles. The van der Waals surface area contributed by atoms with Crippen LogP contribution < -0.4 is 5.32 Å². The first kappa shape index (κ1) is 12.7. The molecule has 0 heterocycles. The highest BCUT2D eigenvalue weighted by atomic mass is 19.3. The molecule has 82 valence electrons. The third-order valence-corrected chi connectivity index (χ3v) is 1.35. The zero-order valence-electron chi connectivity index (χ0n) is 7.24. The molecule has 0 saturated heterocycles. The lowest BCUT2D eigenvalue weighted by molar-refractivity contribution is -0.224. The Labute approximate surface area is 76.2 Å². The van der Waals surface area contributed by atoms with Gasteiger partial charge in [0.15, 0.2) is 0 Å². The standard InChI is InChI=1S/C6H7F4NO3/c1-11-3(12)5(7,8)6(9,10)4(13)14-2/h1-2H3,(H,11,12). The van der Waals surface area contributed by atoms with Crippen LogP contribution in [0.4, 0.5) is 17.6 Å². The number of halogens is 4. The minimum Gasteiger partial charge on any atom is -0.464 e. The largest absolute Gasteiger partial charge is 0.464 e. The van der Waals surface area contributed by atoms with Crippen molar-refractivity contribution in [2.75, 3.05) is 14.2 Å². The smallest absolute Gasteiger partial charge is 0.413 e. The van der Waals surface area contributed by atoms with Gasteiger partial charge in [0.05, 0.1) is 7.11 Å². The molecule has 0 unspecified atom stereocenters. The molecule has 8 heteroatoms. The predicted molar refractivity (Wildman–Crippen MR) is 36.0 cm³/mol. The lowest BCUT2D eigenvalue weighted by atomic mass is 10.1. The Morgan fingerprint density at radius 2 is 1.57 bits per heavy atom. The number of nitrogens with one attached hydrogen (secondary N) is 1. The fourth-order valence-corrected chi connectivity index (χ4v) is 0.556. The molecule has 0 atom stereocenters. The van der Waals surface area contributed by atoms with Gasteiger partial charge in [0.2, 0.25) is 0 Å². The van der Waals surface area contributed by atoms with Crippen LogP contribution in [0.3, 0.4) is 0 Å². The van der Waals surface area contributed by atoms with Crippen LogP contribution >= 0.6 is 0 Å². The molecule has 0 aromatic heterocycles. The Bertz CT molecular complexity index is 227. The highest BCUT2D eigenvalue weighted by molar-refractivity contribution is 5.92. The van der Waals surface area contributed by atoms with Crippen LogP contribution in [0.5, 0.6) is 0 Å². The van der Waals surface area contributed by atoms with Gasteiger partial charge in [0.25, 0.3) is 5.91 Å². The number of amides is 1. The second-order valence-corrected chi connectivity index (χ2v) is 2.22. The zero-order valence-corrected chi connectivity index (χ0v) is 7.24. The van der Waals surface area contributed by atoms with Gasteiger partial charge in [-0.15, -0.1) is 0 Å². The Kier molecular flexibility index (Phi) is 3.44. The second-order valence-electron chi connectivity index (χ2n) is 2.22. The van der Waals surface area contributed by atoms with Gasteiger partial charge >= 0.3 is 17.8 Å². The summed E-state index contributed by atoms with van der Waals surface area (Å²) in [5, 5.41) is 1.31. The first-order chi connectivity index (χ1) is 6.21. The molecule has 0 bridgehead atoms. The number of carbonyl (C=O) groups is 2. The average Bonchev–Trinajstić information content (AvgIpc) is 2.14. The molecular formula is C6H7F4NO3. The van der Waals surface area contributed by atoms with Gasteiger partial charge in [-0.25, -0.2) is 4.79 Å². The highest BCUT2D eigenvalue weighted by Crippen LogP contribution is 2.35. The third-order valence-electron chi connectivity index (χ3n) is 1.35. The molecule has 0 aromatic carbocycles. The molecule has 1 amide bonds. The van der Waals surface area contributed by atoms with Crippen molar-refractivity contribution in [1.82, 2.24) is 5.32 Å². The lowest BCUT2D eigenvalue weighted by Crippen LogP contribution is -2.56. The Hall–Kier alpha value is -1.34. The molecule has 0 fully saturated rings. The molecule has 0 aliphatic rings. The number of methoxy groups -OCH3 is 1. The van der Waals surface area contributed by atoms with Crippen LogP contribution in [-0.2, 0) is 14.3 Å². The van der Waals surface area contributed by atoms with Crippen LogP contribution in [0.2, 0.25) is 0 Å². The molecule has 0 aromatic rings. The number of hydrogen-bond donors (Lipinski definition) is 1. The SMILES string of the molecule is CNC(=O)C(F)(F)C(F)(F)C(=O)OC. The Morgan fingerprint density at radius 3 is 1.86 bits per heavy atom. The van der Waals surface area contributed by atoms with Crippen molar-refractivity contribution >= 4 is 11.9 Å². The summed E-state index contributed by atoms with van der Waals surface area (Å²) in [5.74, 6) is -15.0. The minimum atomic E-state index is -5.18. The quantitative estimate of drug-likeness (QED) is 0.541. The normalized spacial score (nSPS) is 12.1. The van der Waals surface area contributed by atoms with Gasteiger partial charge < -0.3 is 10.1 Å². The van der Waals surface area contributed by atoms with Crippen molar-refractivity contribution in [1.29, 1.82) is 0 Å². The molecule has 0 radical (unpaired) electrons. The van der Waals surface area contributed by atoms with E-state index in [4.69, 9.17) is 0 Å². The van der Waals surface area contributed by atoms with Crippen molar-refractivity contribution in [3.63, 3.8) is 0 Å². The van der Waals surface area contributed by atoms with Gasteiger partial charge in [0, 0.05) is 7.05 Å². The van der Waals surface area contributed by atoms with E-state index >= 15 is 0 Å². The summed E-state index contributed by atoms with van der Waals surface area (Å²) >= 11 is 0. The maximum Gasteiger partial charge on any atom is 0.413 e. The average molecular weight is 217 g/mol. The van der Waals surface area contributed by atoms with Gasteiger partial charge in [0.1, 0.15) is 0 Å². The molecule has 0 aliphatic heterocycles. The number of ether oxygens (including phenoxy) is 1. The van der Waals surface area contributed by atoms with E-state index in [1.54, 1.807) is 0 Å². The van der Waals surface area contributed by atoms with Gasteiger partial charge in [-0.2, -0.15) is 17.6 Å². The summed E-state index contributed by atoms with van der Waals surface area (Å²) in [6, 6.07) is 0. The lowest BCUT2D eigenvalue weighted by Gasteiger charge is -2.22. The van der Waals surface area contributed by atoms with Crippen molar-refractivity contribution in [3.05, 3.63) is 0 Å². The van der Waals surface area contributed by atoms with Crippen molar-refractivity contribution in [2.24, 2.45) is 0 Å². The monoisotopic (exact) mass is 217 g/mol. The van der Waals surface area contributed by atoms with E-state index in [1.165, 1.54) is 5.32 Å². The second kappa shape index (κ2) is 3.81. The van der Waals surface area contributed by atoms with Crippen LogP contribution in [0.15, 0.2) is 0 Å². The fraction of sp³-hybridized carbons (Fsp3) is 0.667. The van der Waals surface area contributed by atoms with E-state index in [-0.39, 0.29) is 0 Å². The van der Waals surface area contributed by atoms with E-state index in [9.17, 15) is 27.2 Å². The fourth-order valence-electron chi connectivity index (χ4n) is 0.556. The van der Waals surface area contributed by atoms with Gasteiger partial charge in [-0.05, 0) is 0 Å². The van der Waals surface area contributed by atoms with Crippen LogP contribution in [0.1, 0.15) is 0 Å². The van der Waals surface area contributed by atoms with E-state index in [2.05, 4.69) is 4.74 Å².